The third-order valence-electron chi connectivity index (χ3n) is 19.6. The molecule has 10 aromatic carbocycles. The van der Waals surface area contributed by atoms with Crippen molar-refractivity contribution in [3.8, 4) is 23.0 Å². The fraction of sp³-hybridized carbons (Fsp3) is 0.318. The van der Waals surface area contributed by atoms with Gasteiger partial charge in [-0.15, -0.1) is 0 Å². The molecule has 0 spiro atoms. The smallest absolute Gasteiger partial charge is 0.247 e. The van der Waals surface area contributed by atoms with E-state index >= 15 is 0 Å². The van der Waals surface area contributed by atoms with Crippen molar-refractivity contribution in [1.82, 2.24) is 0 Å². The second-order valence-corrected chi connectivity index (χ2v) is 23.2. The van der Waals surface area contributed by atoms with Crippen LogP contribution in [0.2, 0.25) is 0 Å². The van der Waals surface area contributed by atoms with Crippen LogP contribution >= 0.6 is 0 Å². The number of hydrogen-bond acceptors (Lipinski definition) is 2. The fourth-order valence-electron chi connectivity index (χ4n) is 16.7. The number of rotatable bonds is 0. The molecule has 8 bridgehead atoms. The molecule has 20 rings (SSSR count). The first-order valence-corrected chi connectivity index (χ1v) is 37.2. The van der Waals surface area contributed by atoms with E-state index in [2.05, 4.69) is 170 Å². The summed E-state index contributed by atoms with van der Waals surface area (Å²) in [5.74, 6) is 3.97. The summed E-state index contributed by atoms with van der Waals surface area (Å²) in [6, 6.07) is 65.4. The molecular weight excluding hydrogens is 1130 g/mol. The Kier molecular flexibility index (Phi) is 23.6. The summed E-state index contributed by atoms with van der Waals surface area (Å²) in [6.07, 6.45) is 8.11. The Morgan fingerprint density at radius 3 is 0.713 bits per heavy atom. The second kappa shape index (κ2) is 31.5. The van der Waals surface area contributed by atoms with Gasteiger partial charge in [-0.05, 0) is 188 Å². The molecule has 10 aliphatic heterocycles. The Hall–Kier alpha value is -7.94. The van der Waals surface area contributed by atoms with E-state index < -0.39 is 0 Å². The first kappa shape index (κ1) is 70.4. The Morgan fingerprint density at radius 2 is 0.415 bits per heavy atom. The third-order valence-corrected chi connectivity index (χ3v) is 19.6. The first-order chi connectivity index (χ1) is 46.6. The van der Waals surface area contributed by atoms with Gasteiger partial charge in [0.15, 0.2) is 0 Å². The van der Waals surface area contributed by atoms with E-state index in [9.17, 15) is 0 Å². The van der Waals surface area contributed by atoms with Gasteiger partial charge in [0.1, 0.15) is 23.0 Å². The third kappa shape index (κ3) is 11.8. The van der Waals surface area contributed by atoms with Gasteiger partial charge >= 0.3 is 0 Å². The molecule has 0 unspecified atom stereocenters. The molecule has 0 fully saturated rings. The van der Waals surface area contributed by atoms with Gasteiger partial charge in [0.2, 0.25) is 26.9 Å². The lowest BCUT2D eigenvalue weighted by molar-refractivity contribution is 0.483. The first-order valence-electron chi connectivity index (χ1n) is 37.2. The van der Waals surface area contributed by atoms with E-state index in [0.29, 0.717) is 0 Å². The standard InChI is InChI=1S/2C34H22B2O.10C2H6/c1-5-19-13-23-9-3-11-29-33(23)35-27-18-28-26(17-25(27)15-21(7-1)31(19)35)16-22-8-2-6-20-14-24-10-4-12-30(37-29)34(24)36(28)32(20)22;1-3-21-11-19-7-9-27-16-29(19)35-31-18-32-26(15-25(31)13-23(5-1)33(21)35)14-24-6-2-4-22-12-20-8-10-28(37-27)17-30(20)36(32)34(22)24;10*1-2/h1-12,17-18H,13-16H2;1-10,15-18H,11-14H2;10*1-2H3. The monoisotopic (exact) mass is 1240 g/mol. The van der Waals surface area contributed by atoms with E-state index in [4.69, 9.17) is 9.47 Å². The van der Waals surface area contributed by atoms with Crippen molar-refractivity contribution in [2.75, 3.05) is 0 Å². The van der Waals surface area contributed by atoms with Gasteiger partial charge in [0.05, 0.1) is 0 Å². The molecule has 0 radical (unpaired) electrons. The van der Waals surface area contributed by atoms with Crippen LogP contribution in [0.3, 0.4) is 0 Å². The summed E-state index contributed by atoms with van der Waals surface area (Å²) in [5, 5.41) is 0. The molecule has 10 aromatic rings. The van der Waals surface area contributed by atoms with Gasteiger partial charge in [-0.25, -0.2) is 0 Å². The maximum Gasteiger partial charge on any atom is 0.247 e. The van der Waals surface area contributed by atoms with Crippen LogP contribution in [-0.2, 0) is 51.4 Å². The molecule has 0 saturated heterocycles. The van der Waals surface area contributed by atoms with Crippen molar-refractivity contribution in [3.63, 3.8) is 0 Å². The lowest BCUT2D eigenvalue weighted by Gasteiger charge is -2.39. The lowest BCUT2D eigenvalue weighted by Crippen LogP contribution is -2.66. The number of hydrogen-bond donors (Lipinski definition) is 0. The Morgan fingerprint density at radius 1 is 0.191 bits per heavy atom. The predicted octanol–water partition coefficient (Wildman–Crippen LogP) is 15.1. The minimum atomic E-state index is 0.241. The van der Waals surface area contributed by atoms with Gasteiger partial charge < -0.3 is 9.47 Å². The van der Waals surface area contributed by atoms with Crippen molar-refractivity contribution >= 4 is 92.4 Å². The molecule has 0 amide bonds. The van der Waals surface area contributed by atoms with Crippen molar-refractivity contribution < 1.29 is 9.47 Å². The SMILES string of the molecule is CC.CC.CC.CC.CC.CC.CC.CC.CC.CC.c1cc2c3c(c1)Cc1cc4c5cc1B3c1cc(ccc1C2)Oc1ccc2c(c1)B5c1c(cccc1C4)C2.c1cc2c3c(c1)Cc1cccc4c1B3c1cc3c(cc1C2)Cc1cccc2c1B3c1c(cccc1O4)C2. The molecule has 0 aromatic heterocycles. The Balaban J connectivity index is 0.000000176. The highest BCUT2D eigenvalue weighted by atomic mass is 16.5. The van der Waals surface area contributed by atoms with Crippen molar-refractivity contribution in [2.45, 2.75) is 190 Å². The summed E-state index contributed by atoms with van der Waals surface area (Å²) in [6.45, 7) is 41.0. The quantitative estimate of drug-likeness (QED) is 0.141. The van der Waals surface area contributed by atoms with Crippen LogP contribution < -0.4 is 75.0 Å². The van der Waals surface area contributed by atoms with Crippen LogP contribution in [0.1, 0.15) is 227 Å². The van der Waals surface area contributed by atoms with Crippen LogP contribution in [0.5, 0.6) is 23.0 Å². The van der Waals surface area contributed by atoms with Gasteiger partial charge in [-0.2, -0.15) is 0 Å². The highest BCUT2D eigenvalue weighted by Crippen LogP contribution is 2.35. The zero-order chi connectivity index (χ0) is 67.7. The van der Waals surface area contributed by atoms with E-state index in [1.165, 1.54) is 144 Å². The maximum absolute atomic E-state index is 7.05. The molecule has 10 aliphatic rings. The van der Waals surface area contributed by atoms with Crippen molar-refractivity contribution in [1.29, 1.82) is 0 Å². The Labute approximate surface area is 570 Å². The normalized spacial score (nSPS) is 13.1. The molecule has 2 nitrogen and oxygen atoms in total. The van der Waals surface area contributed by atoms with Crippen LogP contribution in [0.4, 0.5) is 0 Å². The summed E-state index contributed by atoms with van der Waals surface area (Å²) in [7, 11) is 0. The van der Waals surface area contributed by atoms with Crippen LogP contribution in [-0.4, -0.2) is 26.9 Å². The van der Waals surface area contributed by atoms with Crippen LogP contribution in [0, 0.1) is 0 Å². The maximum atomic E-state index is 7.05. The summed E-state index contributed by atoms with van der Waals surface area (Å²) < 4.78 is 13.7. The molecule has 0 atom stereocenters. The highest BCUT2D eigenvalue weighted by molar-refractivity contribution is 7.01. The average Bonchev–Trinajstić information content (AvgIpc) is 0.713. The Bertz CT molecular complexity index is 4060. The summed E-state index contributed by atoms with van der Waals surface area (Å²) in [4.78, 5) is 0. The molecular formula is C88H104B4O2. The van der Waals surface area contributed by atoms with E-state index in [0.717, 1.165) is 74.4 Å². The number of benzene rings is 10. The number of fused-ring (bicyclic) bond motifs is 2. The zero-order valence-electron chi connectivity index (χ0n) is 60.9. The molecule has 10 heterocycles. The topological polar surface area (TPSA) is 18.5 Å². The lowest BCUT2D eigenvalue weighted by atomic mass is 9.27. The van der Waals surface area contributed by atoms with Gasteiger partial charge in [0, 0.05) is 0 Å². The van der Waals surface area contributed by atoms with E-state index in [-0.39, 0.29) is 26.9 Å². The number of ether oxygens (including phenoxy) is 2. The van der Waals surface area contributed by atoms with Gasteiger partial charge in [0.25, 0.3) is 0 Å². The van der Waals surface area contributed by atoms with Crippen molar-refractivity contribution in [3.05, 3.63) is 259 Å². The predicted molar refractivity (Wildman–Crippen MR) is 419 cm³/mol. The van der Waals surface area contributed by atoms with E-state index in [1.807, 2.05) is 138 Å². The van der Waals surface area contributed by atoms with Gasteiger partial charge in [-0.1, -0.05) is 327 Å². The fourth-order valence-corrected chi connectivity index (χ4v) is 16.7. The van der Waals surface area contributed by atoms with Crippen LogP contribution in [0.15, 0.2) is 170 Å². The molecule has 6 heteroatoms. The largest absolute Gasteiger partial charge is 0.458 e. The van der Waals surface area contributed by atoms with E-state index in [1.54, 1.807) is 10.9 Å². The van der Waals surface area contributed by atoms with Gasteiger partial charge in [-0.3, -0.25) is 0 Å². The average molecular weight is 1240 g/mol. The highest BCUT2D eigenvalue weighted by Gasteiger charge is 2.46. The zero-order valence-corrected chi connectivity index (χ0v) is 60.9. The van der Waals surface area contributed by atoms with Crippen LogP contribution in [0.25, 0.3) is 0 Å². The molecule has 0 aliphatic carbocycles. The summed E-state index contributed by atoms with van der Waals surface area (Å²) in [5.41, 5.74) is 41.5. The second-order valence-electron chi connectivity index (χ2n) is 23.2. The minimum absolute atomic E-state index is 0.241. The minimum Gasteiger partial charge on any atom is -0.458 e. The molecule has 0 N–H and O–H groups in total. The van der Waals surface area contributed by atoms with Crippen molar-refractivity contribution in [2.24, 2.45) is 0 Å². The molecule has 480 valence electrons. The molecule has 0 saturated carbocycles. The molecule has 94 heavy (non-hydrogen) atoms. The summed E-state index contributed by atoms with van der Waals surface area (Å²) >= 11 is 0.